The van der Waals surface area contributed by atoms with Crippen molar-refractivity contribution in [2.24, 2.45) is 5.41 Å². The largest absolute Gasteiger partial charge is 0.481 e. The van der Waals surface area contributed by atoms with Gasteiger partial charge in [-0.1, -0.05) is 31.0 Å². The molecule has 1 aromatic rings. The van der Waals surface area contributed by atoms with Gasteiger partial charge in [0.2, 0.25) is 0 Å². The van der Waals surface area contributed by atoms with E-state index in [1.165, 1.54) is 11.1 Å². The maximum Gasteiger partial charge on any atom is 0.310 e. The number of carboxylic acid groups (broad SMARTS) is 1. The Kier molecular flexibility index (Phi) is 4.71. The Morgan fingerprint density at radius 3 is 2.85 bits per heavy atom. The predicted octanol–water partition coefficient (Wildman–Crippen LogP) is 3.73. The second-order valence-electron chi connectivity index (χ2n) is 5.87. The summed E-state index contributed by atoms with van der Waals surface area (Å²) in [6.07, 6.45) is 2.43. The number of aryl methyl sites for hydroxylation is 1. The molecule has 1 heterocycles. The van der Waals surface area contributed by atoms with Crippen LogP contribution in [-0.4, -0.2) is 29.1 Å². The summed E-state index contributed by atoms with van der Waals surface area (Å²) < 4.78 is 0. The number of aliphatic carboxylic acids is 1. The van der Waals surface area contributed by atoms with E-state index in [1.54, 1.807) is 0 Å². The molecule has 0 aromatic heterocycles. The van der Waals surface area contributed by atoms with Crippen molar-refractivity contribution in [2.75, 3.05) is 13.1 Å². The molecule has 1 saturated heterocycles. The zero-order valence-corrected chi connectivity index (χ0v) is 12.9. The molecule has 0 spiro atoms. The molecule has 0 aliphatic carbocycles. The zero-order chi connectivity index (χ0) is 14.8. The molecular weight excluding hydrogens is 274 g/mol. The van der Waals surface area contributed by atoms with E-state index in [9.17, 15) is 9.90 Å². The first-order valence-corrected chi connectivity index (χ1v) is 7.55. The van der Waals surface area contributed by atoms with Crippen LogP contribution in [0.4, 0.5) is 0 Å². The number of carboxylic acids is 1. The van der Waals surface area contributed by atoms with Crippen molar-refractivity contribution in [3.63, 3.8) is 0 Å². The average Bonchev–Trinajstić information content (AvgIpc) is 2.78. The Bertz CT molecular complexity index is 503. The monoisotopic (exact) mass is 295 g/mol. The summed E-state index contributed by atoms with van der Waals surface area (Å²) in [7, 11) is 0. The minimum Gasteiger partial charge on any atom is -0.481 e. The molecule has 0 bridgehead atoms. The van der Waals surface area contributed by atoms with E-state index < -0.39 is 11.4 Å². The first-order valence-electron chi connectivity index (χ1n) is 7.17. The van der Waals surface area contributed by atoms with Crippen molar-refractivity contribution in [1.29, 1.82) is 0 Å². The van der Waals surface area contributed by atoms with Crippen LogP contribution in [0.25, 0.3) is 0 Å². The van der Waals surface area contributed by atoms with Crippen molar-refractivity contribution in [2.45, 2.75) is 39.7 Å². The minimum absolute atomic E-state index is 0.547. The van der Waals surface area contributed by atoms with Crippen molar-refractivity contribution in [3.05, 3.63) is 34.3 Å². The number of carbonyl (C=O) groups is 1. The number of nitrogens with zero attached hydrogens (tertiary/aromatic N) is 1. The van der Waals surface area contributed by atoms with Crippen LogP contribution in [0.3, 0.4) is 0 Å². The summed E-state index contributed by atoms with van der Waals surface area (Å²) in [5.41, 5.74) is 1.85. The van der Waals surface area contributed by atoms with Crippen molar-refractivity contribution in [1.82, 2.24) is 4.90 Å². The van der Waals surface area contributed by atoms with Gasteiger partial charge in [0.25, 0.3) is 0 Å². The Morgan fingerprint density at radius 1 is 1.50 bits per heavy atom. The van der Waals surface area contributed by atoms with Crippen molar-refractivity contribution < 1.29 is 9.90 Å². The normalized spacial score (nSPS) is 23.1. The lowest BCUT2D eigenvalue weighted by molar-refractivity contribution is -0.148. The van der Waals surface area contributed by atoms with Crippen LogP contribution < -0.4 is 0 Å². The summed E-state index contributed by atoms with van der Waals surface area (Å²) in [5, 5.41) is 10.3. The van der Waals surface area contributed by atoms with Crippen LogP contribution in [-0.2, 0) is 11.3 Å². The maximum absolute atomic E-state index is 11.6. The fraction of sp³-hybridized carbons (Fsp3) is 0.562. The van der Waals surface area contributed by atoms with Crippen LogP contribution in [0, 0.1) is 12.3 Å². The van der Waals surface area contributed by atoms with Gasteiger partial charge in [0.05, 0.1) is 5.41 Å². The summed E-state index contributed by atoms with van der Waals surface area (Å²) >= 11 is 5.97. The first kappa shape index (κ1) is 15.3. The van der Waals surface area contributed by atoms with Gasteiger partial charge in [-0.15, -0.1) is 0 Å². The van der Waals surface area contributed by atoms with Gasteiger partial charge in [-0.3, -0.25) is 9.69 Å². The second kappa shape index (κ2) is 6.15. The van der Waals surface area contributed by atoms with Gasteiger partial charge in [0.15, 0.2) is 0 Å². The molecule has 0 radical (unpaired) electrons. The third kappa shape index (κ3) is 3.15. The summed E-state index contributed by atoms with van der Waals surface area (Å²) in [6.45, 7) is 6.42. The molecule has 2 rings (SSSR count). The van der Waals surface area contributed by atoms with Crippen LogP contribution in [0.5, 0.6) is 0 Å². The minimum atomic E-state index is -0.644. The molecule has 0 amide bonds. The second-order valence-corrected chi connectivity index (χ2v) is 6.30. The van der Waals surface area contributed by atoms with Crippen LogP contribution in [0.1, 0.15) is 37.3 Å². The van der Waals surface area contributed by atoms with Crippen LogP contribution >= 0.6 is 11.6 Å². The molecule has 1 atom stereocenters. The third-order valence-corrected chi connectivity index (χ3v) is 4.55. The molecular formula is C16H22ClNO2. The highest BCUT2D eigenvalue weighted by atomic mass is 35.5. The van der Waals surface area contributed by atoms with E-state index in [0.29, 0.717) is 6.54 Å². The third-order valence-electron chi connectivity index (χ3n) is 4.31. The molecule has 1 fully saturated rings. The van der Waals surface area contributed by atoms with Crippen LogP contribution in [0.15, 0.2) is 18.2 Å². The molecule has 1 aliphatic heterocycles. The Morgan fingerprint density at radius 2 is 2.25 bits per heavy atom. The molecule has 1 aromatic carbocycles. The highest BCUT2D eigenvalue weighted by Crippen LogP contribution is 2.36. The Balaban J connectivity index is 2.07. The lowest BCUT2D eigenvalue weighted by atomic mass is 9.83. The number of rotatable bonds is 5. The van der Waals surface area contributed by atoms with Crippen LogP contribution in [0.2, 0.25) is 5.02 Å². The predicted molar refractivity (Wildman–Crippen MR) is 81.1 cm³/mol. The quantitative estimate of drug-likeness (QED) is 0.900. The Labute approximate surface area is 125 Å². The highest BCUT2D eigenvalue weighted by Gasteiger charge is 2.43. The number of hydrogen-bond acceptors (Lipinski definition) is 2. The fourth-order valence-electron chi connectivity index (χ4n) is 3.13. The zero-order valence-electron chi connectivity index (χ0n) is 12.2. The SMILES string of the molecule is CCCC1(C(=O)O)CCN(Cc2ccc(Cl)cc2C)C1. The topological polar surface area (TPSA) is 40.5 Å². The first-order chi connectivity index (χ1) is 9.47. The molecule has 110 valence electrons. The van der Waals surface area contributed by atoms with E-state index in [4.69, 9.17) is 11.6 Å². The van der Waals surface area contributed by atoms with E-state index in [1.807, 2.05) is 25.1 Å². The lowest BCUT2D eigenvalue weighted by Gasteiger charge is -2.24. The molecule has 20 heavy (non-hydrogen) atoms. The number of halogens is 1. The smallest absolute Gasteiger partial charge is 0.310 e. The summed E-state index contributed by atoms with van der Waals surface area (Å²) in [5.74, 6) is -0.644. The molecule has 1 unspecified atom stereocenters. The standard InChI is InChI=1S/C16H22ClNO2/c1-3-6-16(15(19)20)7-8-18(11-16)10-13-4-5-14(17)9-12(13)2/h4-5,9H,3,6-8,10-11H2,1-2H3,(H,19,20). The summed E-state index contributed by atoms with van der Waals surface area (Å²) in [4.78, 5) is 13.8. The van der Waals surface area contributed by atoms with Crippen molar-refractivity contribution in [3.8, 4) is 0 Å². The van der Waals surface area contributed by atoms with Gasteiger partial charge in [-0.25, -0.2) is 0 Å². The van der Waals surface area contributed by atoms with E-state index in [0.717, 1.165) is 37.4 Å². The van der Waals surface area contributed by atoms with Gasteiger partial charge in [0.1, 0.15) is 0 Å². The van der Waals surface area contributed by atoms with Gasteiger partial charge in [-0.05, 0) is 49.6 Å². The number of benzene rings is 1. The molecule has 1 aliphatic rings. The number of hydrogen-bond donors (Lipinski definition) is 1. The van der Waals surface area contributed by atoms with E-state index in [-0.39, 0.29) is 0 Å². The van der Waals surface area contributed by atoms with Crippen molar-refractivity contribution >= 4 is 17.6 Å². The van der Waals surface area contributed by atoms with Gasteiger partial charge in [-0.2, -0.15) is 0 Å². The maximum atomic E-state index is 11.6. The fourth-order valence-corrected chi connectivity index (χ4v) is 3.36. The highest BCUT2D eigenvalue weighted by molar-refractivity contribution is 6.30. The lowest BCUT2D eigenvalue weighted by Crippen LogP contribution is -2.34. The molecule has 0 saturated carbocycles. The van der Waals surface area contributed by atoms with E-state index >= 15 is 0 Å². The van der Waals surface area contributed by atoms with Gasteiger partial charge >= 0.3 is 5.97 Å². The summed E-state index contributed by atoms with van der Waals surface area (Å²) in [6, 6.07) is 5.90. The molecule has 4 heteroatoms. The van der Waals surface area contributed by atoms with Gasteiger partial charge in [0, 0.05) is 18.1 Å². The van der Waals surface area contributed by atoms with E-state index in [2.05, 4.69) is 11.8 Å². The average molecular weight is 296 g/mol. The molecule has 1 N–H and O–H groups in total. The Hall–Kier alpha value is -1.06. The number of likely N-dealkylation sites (tertiary alicyclic amines) is 1. The van der Waals surface area contributed by atoms with Gasteiger partial charge < -0.3 is 5.11 Å². The molecule has 3 nitrogen and oxygen atoms in total.